The highest BCUT2D eigenvalue weighted by Gasteiger charge is 2.32. The standard InChI is InChI=1S/C29H33FN4O3/c1-19-17-32(18-21-6-9-23(30)10-7-21)14-15-34(19)28(36)26-20(2)31(3)25-11-8-22(16-24(25)26)27(35)29(37)33-12-4-5-13-33/h6-11,16,19H,4-5,12-15,17-18H2,1-3H3/t19-/m1/s1. The Morgan fingerprint density at radius 1 is 0.973 bits per heavy atom. The maximum atomic E-state index is 13.9. The second kappa shape index (κ2) is 10.1. The summed E-state index contributed by atoms with van der Waals surface area (Å²) in [6, 6.07) is 11.7. The maximum absolute atomic E-state index is 13.9. The molecule has 2 amide bonds. The van der Waals surface area contributed by atoms with Crippen molar-refractivity contribution in [2.75, 3.05) is 32.7 Å². The normalized spacial score (nSPS) is 18.5. The number of carbonyl (C=O) groups excluding carboxylic acids is 3. The zero-order chi connectivity index (χ0) is 26.3. The van der Waals surface area contributed by atoms with Gasteiger partial charge >= 0.3 is 0 Å². The smallest absolute Gasteiger partial charge is 0.294 e. The fraction of sp³-hybridized carbons (Fsp3) is 0.414. The molecular weight excluding hydrogens is 471 g/mol. The van der Waals surface area contributed by atoms with Gasteiger partial charge in [-0.2, -0.15) is 0 Å². The Morgan fingerprint density at radius 2 is 1.68 bits per heavy atom. The quantitative estimate of drug-likeness (QED) is 0.392. The third kappa shape index (κ3) is 4.78. The van der Waals surface area contributed by atoms with Crippen molar-refractivity contribution in [1.29, 1.82) is 0 Å². The number of nitrogens with zero attached hydrogens (tertiary/aromatic N) is 4. The van der Waals surface area contributed by atoms with Crippen molar-refractivity contribution in [1.82, 2.24) is 19.3 Å². The highest BCUT2D eigenvalue weighted by Crippen LogP contribution is 2.29. The molecule has 0 aliphatic carbocycles. The molecule has 1 atom stereocenters. The second-order valence-electron chi connectivity index (χ2n) is 10.3. The van der Waals surface area contributed by atoms with E-state index in [0.717, 1.165) is 29.6 Å². The molecule has 0 saturated carbocycles. The average molecular weight is 505 g/mol. The van der Waals surface area contributed by atoms with Gasteiger partial charge in [0.15, 0.2) is 0 Å². The summed E-state index contributed by atoms with van der Waals surface area (Å²) in [7, 11) is 1.91. The van der Waals surface area contributed by atoms with E-state index in [2.05, 4.69) is 4.90 Å². The van der Waals surface area contributed by atoms with E-state index in [1.807, 2.05) is 36.4 Å². The summed E-state index contributed by atoms with van der Waals surface area (Å²) in [6.45, 7) is 7.89. The zero-order valence-electron chi connectivity index (χ0n) is 21.7. The third-order valence-electron chi connectivity index (χ3n) is 7.85. The number of carbonyl (C=O) groups is 3. The van der Waals surface area contributed by atoms with Gasteiger partial charge in [0.05, 0.1) is 5.56 Å². The number of rotatable bonds is 5. The lowest BCUT2D eigenvalue weighted by atomic mass is 10.0. The van der Waals surface area contributed by atoms with Crippen molar-refractivity contribution >= 4 is 28.5 Å². The fourth-order valence-electron chi connectivity index (χ4n) is 5.64. The summed E-state index contributed by atoms with van der Waals surface area (Å²) < 4.78 is 15.2. The molecule has 0 unspecified atom stereocenters. The number of amides is 2. The Bertz CT molecular complexity index is 1360. The Kier molecular flexibility index (Phi) is 6.86. The number of fused-ring (bicyclic) bond motifs is 1. The van der Waals surface area contributed by atoms with E-state index in [1.165, 1.54) is 12.1 Å². The van der Waals surface area contributed by atoms with E-state index in [4.69, 9.17) is 0 Å². The molecule has 0 radical (unpaired) electrons. The molecule has 2 aliphatic rings. The lowest BCUT2D eigenvalue weighted by molar-refractivity contribution is -0.125. The average Bonchev–Trinajstić information content (AvgIpc) is 3.51. The summed E-state index contributed by atoms with van der Waals surface area (Å²) >= 11 is 0. The predicted molar refractivity (Wildman–Crippen MR) is 140 cm³/mol. The van der Waals surface area contributed by atoms with Crippen molar-refractivity contribution in [2.24, 2.45) is 7.05 Å². The Labute approximate surface area is 216 Å². The van der Waals surface area contributed by atoms with Crippen LogP contribution in [-0.4, -0.2) is 75.6 Å². The molecule has 37 heavy (non-hydrogen) atoms. The summed E-state index contributed by atoms with van der Waals surface area (Å²) in [5, 5.41) is 0.700. The van der Waals surface area contributed by atoms with Gasteiger partial charge in [0.1, 0.15) is 5.82 Å². The first-order valence-corrected chi connectivity index (χ1v) is 12.9. The van der Waals surface area contributed by atoms with E-state index in [0.29, 0.717) is 55.8 Å². The minimum atomic E-state index is -0.522. The number of aryl methyl sites for hydroxylation is 1. The van der Waals surface area contributed by atoms with Crippen LogP contribution < -0.4 is 0 Å². The molecule has 0 bridgehead atoms. The minimum Gasteiger partial charge on any atom is -0.347 e. The van der Waals surface area contributed by atoms with Crippen LogP contribution in [-0.2, 0) is 18.4 Å². The first-order valence-electron chi connectivity index (χ1n) is 12.9. The first-order chi connectivity index (χ1) is 17.7. The zero-order valence-corrected chi connectivity index (χ0v) is 21.7. The molecule has 8 heteroatoms. The van der Waals surface area contributed by atoms with Crippen molar-refractivity contribution in [2.45, 2.75) is 39.3 Å². The Hall–Kier alpha value is -3.52. The first kappa shape index (κ1) is 25.1. The number of Topliss-reactive ketones (excluding diaryl/α,β-unsaturated/α-hetero) is 1. The van der Waals surface area contributed by atoms with Gasteiger partial charge in [-0.25, -0.2) is 4.39 Å². The lowest BCUT2D eigenvalue weighted by Gasteiger charge is -2.40. The molecule has 3 aromatic rings. The van der Waals surface area contributed by atoms with Gasteiger partial charge in [-0.3, -0.25) is 19.3 Å². The number of ketones is 1. The number of hydrogen-bond donors (Lipinski definition) is 0. The van der Waals surface area contributed by atoms with E-state index in [-0.39, 0.29) is 17.8 Å². The highest BCUT2D eigenvalue weighted by atomic mass is 19.1. The van der Waals surface area contributed by atoms with Crippen molar-refractivity contribution in [3.63, 3.8) is 0 Å². The fourth-order valence-corrected chi connectivity index (χ4v) is 5.64. The monoisotopic (exact) mass is 504 g/mol. The summed E-state index contributed by atoms with van der Waals surface area (Å²) in [5.41, 5.74) is 3.63. The van der Waals surface area contributed by atoms with Crippen molar-refractivity contribution in [3.8, 4) is 0 Å². The topological polar surface area (TPSA) is 65.9 Å². The van der Waals surface area contributed by atoms with E-state index in [9.17, 15) is 18.8 Å². The number of benzene rings is 2. The molecule has 3 heterocycles. The van der Waals surface area contributed by atoms with Gasteiger partial charge in [-0.05, 0) is 62.6 Å². The molecule has 0 N–H and O–H groups in total. The maximum Gasteiger partial charge on any atom is 0.294 e. The molecule has 5 rings (SSSR count). The molecule has 0 spiro atoms. The predicted octanol–water partition coefficient (Wildman–Crippen LogP) is 3.78. The van der Waals surface area contributed by atoms with Crippen LogP contribution in [0.15, 0.2) is 42.5 Å². The molecule has 2 aromatic carbocycles. The van der Waals surface area contributed by atoms with Crippen LogP contribution in [0.3, 0.4) is 0 Å². The highest BCUT2D eigenvalue weighted by molar-refractivity contribution is 6.43. The van der Waals surface area contributed by atoms with E-state index in [1.54, 1.807) is 29.2 Å². The van der Waals surface area contributed by atoms with Crippen LogP contribution >= 0.6 is 0 Å². The summed E-state index contributed by atoms with van der Waals surface area (Å²) in [4.78, 5) is 45.4. The number of halogens is 1. The van der Waals surface area contributed by atoms with Crippen LogP contribution in [0.5, 0.6) is 0 Å². The van der Waals surface area contributed by atoms with E-state index < -0.39 is 11.7 Å². The Morgan fingerprint density at radius 3 is 2.35 bits per heavy atom. The number of piperazine rings is 1. The largest absolute Gasteiger partial charge is 0.347 e. The van der Waals surface area contributed by atoms with Crippen LogP contribution in [0, 0.1) is 12.7 Å². The molecular formula is C29H33FN4O3. The summed E-state index contributed by atoms with van der Waals surface area (Å²) in [6.07, 6.45) is 1.84. The molecule has 1 aromatic heterocycles. The van der Waals surface area contributed by atoms with Gasteiger partial charge in [0.25, 0.3) is 11.8 Å². The SMILES string of the molecule is Cc1c(C(=O)N2CCN(Cc3ccc(F)cc3)C[C@H]2C)c2cc(C(=O)C(=O)N3CCCC3)ccc2n1C. The summed E-state index contributed by atoms with van der Waals surface area (Å²) in [5.74, 6) is -1.30. The van der Waals surface area contributed by atoms with Crippen LogP contribution in [0.1, 0.15) is 51.7 Å². The van der Waals surface area contributed by atoms with E-state index >= 15 is 0 Å². The molecule has 2 aliphatic heterocycles. The van der Waals surface area contributed by atoms with Crippen LogP contribution in [0.4, 0.5) is 4.39 Å². The number of likely N-dealkylation sites (tertiary alicyclic amines) is 1. The number of aromatic nitrogens is 1. The molecule has 2 saturated heterocycles. The van der Waals surface area contributed by atoms with Gasteiger partial charge in [-0.15, -0.1) is 0 Å². The van der Waals surface area contributed by atoms with Crippen LogP contribution in [0.2, 0.25) is 0 Å². The minimum absolute atomic E-state index is 0.0158. The van der Waals surface area contributed by atoms with Gasteiger partial charge < -0.3 is 14.4 Å². The van der Waals surface area contributed by atoms with Crippen LogP contribution in [0.25, 0.3) is 10.9 Å². The van der Waals surface area contributed by atoms with Gasteiger partial charge in [0.2, 0.25) is 5.78 Å². The second-order valence-corrected chi connectivity index (χ2v) is 10.3. The van der Waals surface area contributed by atoms with Crippen molar-refractivity contribution < 1.29 is 18.8 Å². The van der Waals surface area contributed by atoms with Gasteiger partial charge in [-0.1, -0.05) is 12.1 Å². The van der Waals surface area contributed by atoms with Gasteiger partial charge in [0, 0.05) is 74.5 Å². The van der Waals surface area contributed by atoms with Crippen molar-refractivity contribution in [3.05, 3.63) is 70.7 Å². The lowest BCUT2D eigenvalue weighted by Crippen LogP contribution is -2.53. The third-order valence-corrected chi connectivity index (χ3v) is 7.85. The Balaban J connectivity index is 1.37. The molecule has 2 fully saturated rings. The number of hydrogen-bond acceptors (Lipinski definition) is 4. The molecule has 7 nitrogen and oxygen atoms in total. The molecule has 194 valence electrons.